The standard InChI is InChI=1S/C20H17N5OS/c1-13-12-22-20-24-16-6-5-14(11-21)18(10-16)26-7-8-27-17-4-2-3-15(9-17)23-19(13)25-20/h2-6,9-10,12H,7-8H2,1H3,(H2,22,23,24,25). The molecule has 2 N–H and O–H groups in total. The Kier molecular flexibility index (Phi) is 4.81. The number of rotatable bonds is 0. The van der Waals surface area contributed by atoms with Crippen LogP contribution in [0.3, 0.4) is 0 Å². The number of ether oxygens (including phenoxy) is 1. The number of nitriles is 1. The van der Waals surface area contributed by atoms with Crippen molar-refractivity contribution in [2.45, 2.75) is 11.8 Å². The van der Waals surface area contributed by atoms with Crippen LogP contribution in [0.1, 0.15) is 11.1 Å². The number of hydrogen-bond donors (Lipinski definition) is 2. The van der Waals surface area contributed by atoms with Crippen LogP contribution in [0.4, 0.5) is 23.1 Å². The van der Waals surface area contributed by atoms with E-state index in [4.69, 9.17) is 4.74 Å². The Labute approximate surface area is 161 Å². The normalized spacial score (nSPS) is 13.0. The lowest BCUT2D eigenvalue weighted by Crippen LogP contribution is -2.04. The lowest BCUT2D eigenvalue weighted by molar-refractivity contribution is 0.343. The molecule has 1 aliphatic heterocycles. The summed E-state index contributed by atoms with van der Waals surface area (Å²) in [5, 5.41) is 15.9. The number of aryl methyl sites for hydroxylation is 1. The van der Waals surface area contributed by atoms with E-state index in [0.717, 1.165) is 33.4 Å². The van der Waals surface area contributed by atoms with Crippen LogP contribution in [0.2, 0.25) is 0 Å². The van der Waals surface area contributed by atoms with Crippen LogP contribution < -0.4 is 15.4 Å². The molecule has 2 heterocycles. The van der Waals surface area contributed by atoms with Gasteiger partial charge in [-0.15, -0.1) is 11.8 Å². The molecular weight excluding hydrogens is 358 g/mol. The van der Waals surface area contributed by atoms with Gasteiger partial charge in [0.2, 0.25) is 5.95 Å². The van der Waals surface area contributed by atoms with Gasteiger partial charge in [-0.1, -0.05) is 6.07 Å². The van der Waals surface area contributed by atoms with E-state index in [1.807, 2.05) is 25.1 Å². The summed E-state index contributed by atoms with van der Waals surface area (Å²) in [5.74, 6) is 2.55. The Morgan fingerprint density at radius 2 is 2.04 bits per heavy atom. The Bertz CT molecular complexity index is 1030. The third-order valence-electron chi connectivity index (χ3n) is 4.04. The van der Waals surface area contributed by atoms with Crippen molar-refractivity contribution in [1.82, 2.24) is 9.97 Å². The third kappa shape index (κ3) is 3.96. The van der Waals surface area contributed by atoms with Gasteiger partial charge in [0.25, 0.3) is 0 Å². The smallest absolute Gasteiger partial charge is 0.229 e. The van der Waals surface area contributed by atoms with E-state index in [-0.39, 0.29) is 0 Å². The number of hydrogen-bond acceptors (Lipinski definition) is 7. The molecule has 0 amide bonds. The second-order valence-electron chi connectivity index (χ2n) is 6.02. The number of fused-ring (bicyclic) bond motifs is 6. The molecule has 4 rings (SSSR count). The number of thioether (sulfide) groups is 1. The highest BCUT2D eigenvalue weighted by molar-refractivity contribution is 7.99. The lowest BCUT2D eigenvalue weighted by Gasteiger charge is -2.12. The quantitative estimate of drug-likeness (QED) is 0.593. The SMILES string of the molecule is Cc1cnc2nc1Nc1cccc(c1)SCCOc1cc(ccc1C#N)N2. The molecule has 3 aromatic rings. The molecule has 2 aromatic carbocycles. The van der Waals surface area contributed by atoms with Crippen molar-refractivity contribution in [3.05, 3.63) is 59.8 Å². The topological polar surface area (TPSA) is 82.9 Å². The number of anilines is 4. The van der Waals surface area contributed by atoms with E-state index < -0.39 is 0 Å². The van der Waals surface area contributed by atoms with Crippen molar-refractivity contribution in [3.63, 3.8) is 0 Å². The Hall–Kier alpha value is -3.24. The first kappa shape index (κ1) is 17.2. The van der Waals surface area contributed by atoms with E-state index in [2.05, 4.69) is 38.8 Å². The Balaban J connectivity index is 1.75. The fraction of sp³-hybridized carbons (Fsp3) is 0.150. The maximum absolute atomic E-state index is 9.32. The molecule has 0 fully saturated rings. The van der Waals surface area contributed by atoms with Gasteiger partial charge in [-0.05, 0) is 37.3 Å². The fourth-order valence-electron chi connectivity index (χ4n) is 2.68. The molecule has 27 heavy (non-hydrogen) atoms. The van der Waals surface area contributed by atoms with Gasteiger partial charge in [0, 0.05) is 39.8 Å². The lowest BCUT2D eigenvalue weighted by atomic mass is 10.2. The van der Waals surface area contributed by atoms with E-state index in [1.54, 1.807) is 30.1 Å². The largest absolute Gasteiger partial charge is 0.491 e. The molecule has 0 spiro atoms. The minimum atomic E-state index is 0.471. The van der Waals surface area contributed by atoms with E-state index in [9.17, 15) is 5.26 Å². The highest BCUT2D eigenvalue weighted by atomic mass is 32.2. The molecule has 6 nitrogen and oxygen atoms in total. The zero-order valence-corrected chi connectivity index (χ0v) is 15.5. The zero-order valence-electron chi connectivity index (χ0n) is 14.7. The van der Waals surface area contributed by atoms with Gasteiger partial charge >= 0.3 is 0 Å². The molecule has 134 valence electrons. The number of nitrogens with zero attached hydrogens (tertiary/aromatic N) is 3. The van der Waals surface area contributed by atoms with Crippen molar-refractivity contribution in [3.8, 4) is 11.8 Å². The monoisotopic (exact) mass is 375 g/mol. The first-order valence-corrected chi connectivity index (χ1v) is 9.47. The molecule has 0 atom stereocenters. The summed E-state index contributed by atoms with van der Waals surface area (Å²) in [6, 6.07) is 15.7. The van der Waals surface area contributed by atoms with Crippen LogP contribution in [0.15, 0.2) is 53.6 Å². The fourth-order valence-corrected chi connectivity index (χ4v) is 3.47. The summed E-state index contributed by atoms with van der Waals surface area (Å²) >= 11 is 1.70. The van der Waals surface area contributed by atoms with Crippen molar-refractivity contribution >= 4 is 34.9 Å². The minimum Gasteiger partial charge on any atom is -0.491 e. The van der Waals surface area contributed by atoms with E-state index >= 15 is 0 Å². The molecule has 6 bridgehead atoms. The maximum atomic E-state index is 9.32. The van der Waals surface area contributed by atoms with Gasteiger partial charge in [0.15, 0.2) is 0 Å². The number of nitrogens with one attached hydrogen (secondary N) is 2. The van der Waals surface area contributed by atoms with Crippen molar-refractivity contribution in [2.24, 2.45) is 0 Å². The number of aromatic nitrogens is 2. The molecule has 0 radical (unpaired) electrons. The van der Waals surface area contributed by atoms with Crippen LogP contribution in [0.25, 0.3) is 0 Å². The van der Waals surface area contributed by atoms with Crippen molar-refractivity contribution in [2.75, 3.05) is 23.0 Å². The first-order valence-electron chi connectivity index (χ1n) is 8.49. The third-order valence-corrected chi connectivity index (χ3v) is 4.99. The molecule has 0 unspecified atom stereocenters. The average Bonchev–Trinajstić information content (AvgIpc) is 2.68. The molecule has 0 saturated heterocycles. The van der Waals surface area contributed by atoms with Gasteiger partial charge in [0.05, 0.1) is 12.2 Å². The first-order chi connectivity index (χ1) is 13.2. The van der Waals surface area contributed by atoms with Crippen LogP contribution in [-0.4, -0.2) is 22.3 Å². The summed E-state index contributed by atoms with van der Waals surface area (Å²) in [4.78, 5) is 10.1. The Morgan fingerprint density at radius 3 is 2.93 bits per heavy atom. The Morgan fingerprint density at radius 1 is 1.15 bits per heavy atom. The van der Waals surface area contributed by atoms with Crippen molar-refractivity contribution < 1.29 is 4.74 Å². The van der Waals surface area contributed by atoms with Crippen LogP contribution in [-0.2, 0) is 0 Å². The van der Waals surface area contributed by atoms with Crippen LogP contribution in [0, 0.1) is 18.3 Å². The summed E-state index contributed by atoms with van der Waals surface area (Å²) in [6.45, 7) is 2.47. The van der Waals surface area contributed by atoms with Crippen LogP contribution >= 0.6 is 11.8 Å². The van der Waals surface area contributed by atoms with E-state index in [0.29, 0.717) is 23.9 Å². The van der Waals surface area contributed by atoms with Gasteiger partial charge in [-0.25, -0.2) is 4.98 Å². The predicted molar refractivity (Wildman–Crippen MR) is 107 cm³/mol. The predicted octanol–water partition coefficient (Wildman–Crippen LogP) is 4.63. The van der Waals surface area contributed by atoms with Gasteiger partial charge < -0.3 is 15.4 Å². The number of benzene rings is 2. The summed E-state index contributed by atoms with van der Waals surface area (Å²) in [6.07, 6.45) is 1.77. The zero-order chi connectivity index (χ0) is 18.6. The highest BCUT2D eigenvalue weighted by Crippen LogP contribution is 2.28. The average molecular weight is 375 g/mol. The van der Waals surface area contributed by atoms with Crippen molar-refractivity contribution in [1.29, 1.82) is 5.26 Å². The molecule has 0 saturated carbocycles. The molecule has 1 aliphatic rings. The molecule has 1 aromatic heterocycles. The van der Waals surface area contributed by atoms with Gasteiger partial charge in [0.1, 0.15) is 17.6 Å². The minimum absolute atomic E-state index is 0.471. The van der Waals surface area contributed by atoms with Gasteiger partial charge in [-0.3, -0.25) is 0 Å². The highest BCUT2D eigenvalue weighted by Gasteiger charge is 2.10. The maximum Gasteiger partial charge on any atom is 0.229 e. The summed E-state index contributed by atoms with van der Waals surface area (Å²) in [5.41, 5.74) is 3.19. The van der Waals surface area contributed by atoms with Gasteiger partial charge in [-0.2, -0.15) is 10.2 Å². The molecule has 0 aliphatic carbocycles. The molecular formula is C20H17N5OS. The second kappa shape index (κ2) is 7.56. The van der Waals surface area contributed by atoms with Crippen LogP contribution in [0.5, 0.6) is 5.75 Å². The second-order valence-corrected chi connectivity index (χ2v) is 7.19. The summed E-state index contributed by atoms with van der Waals surface area (Å²) in [7, 11) is 0. The van der Waals surface area contributed by atoms with E-state index in [1.165, 1.54) is 0 Å². The summed E-state index contributed by atoms with van der Waals surface area (Å²) < 4.78 is 5.85. The molecule has 7 heteroatoms.